The first-order valence-corrected chi connectivity index (χ1v) is 6.79. The fourth-order valence-corrected chi connectivity index (χ4v) is 2.65. The lowest BCUT2D eigenvalue weighted by Crippen LogP contribution is -2.34. The molecule has 5 nitrogen and oxygen atoms in total. The number of nitrogen functional groups attached to an aromatic ring is 1. The molecule has 2 heterocycles. The Balaban J connectivity index is 2.06. The number of aromatic nitrogens is 1. The van der Waals surface area contributed by atoms with E-state index in [0.717, 1.165) is 36.1 Å². The van der Waals surface area contributed by atoms with Gasteiger partial charge in [0.2, 0.25) is 5.91 Å². The van der Waals surface area contributed by atoms with Gasteiger partial charge in [-0.05, 0) is 30.7 Å². The van der Waals surface area contributed by atoms with E-state index in [1.807, 2.05) is 31.3 Å². The number of anilines is 2. The zero-order valence-electron chi connectivity index (χ0n) is 11.5. The van der Waals surface area contributed by atoms with Crippen molar-refractivity contribution in [2.45, 2.75) is 6.42 Å². The van der Waals surface area contributed by atoms with E-state index in [1.165, 1.54) is 0 Å². The third-order valence-corrected chi connectivity index (χ3v) is 3.79. The number of likely N-dealkylation sites (N-methyl/N-ethyl adjacent to an activating group) is 1. The molecular formula is C15H18N4O. The first-order chi connectivity index (χ1) is 9.66. The van der Waals surface area contributed by atoms with Crippen molar-refractivity contribution in [1.29, 1.82) is 0 Å². The van der Waals surface area contributed by atoms with Gasteiger partial charge < -0.3 is 15.5 Å². The maximum Gasteiger partial charge on any atom is 0.241 e. The number of hydrogen-bond donors (Lipinski definition) is 1. The number of benzene rings is 1. The molecule has 3 rings (SSSR count). The lowest BCUT2D eigenvalue weighted by atomic mass is 10.1. The average molecular weight is 270 g/mol. The van der Waals surface area contributed by atoms with Gasteiger partial charge in [-0.2, -0.15) is 0 Å². The molecule has 0 spiro atoms. The summed E-state index contributed by atoms with van der Waals surface area (Å²) in [5.41, 5.74) is 8.48. The van der Waals surface area contributed by atoms with Crippen LogP contribution in [0.3, 0.4) is 0 Å². The van der Waals surface area contributed by atoms with E-state index in [4.69, 9.17) is 5.73 Å². The highest BCUT2D eigenvalue weighted by atomic mass is 16.2. The highest BCUT2D eigenvalue weighted by Gasteiger charge is 2.20. The molecule has 1 fully saturated rings. The van der Waals surface area contributed by atoms with Crippen LogP contribution in [0.25, 0.3) is 10.9 Å². The molecule has 5 heteroatoms. The summed E-state index contributed by atoms with van der Waals surface area (Å²) in [6.45, 7) is 2.08. The largest absolute Gasteiger partial charge is 0.397 e. The van der Waals surface area contributed by atoms with E-state index in [9.17, 15) is 4.79 Å². The van der Waals surface area contributed by atoms with Crippen LogP contribution in [0.5, 0.6) is 0 Å². The molecule has 2 N–H and O–H groups in total. The SMILES string of the molecule is CN1CCCN(c2ccc(N)c3ncccc23)CC1=O. The van der Waals surface area contributed by atoms with E-state index < -0.39 is 0 Å². The lowest BCUT2D eigenvalue weighted by molar-refractivity contribution is -0.127. The maximum absolute atomic E-state index is 12.0. The van der Waals surface area contributed by atoms with Crippen molar-refractivity contribution in [3.05, 3.63) is 30.5 Å². The molecule has 2 aromatic rings. The molecule has 1 aliphatic heterocycles. The van der Waals surface area contributed by atoms with Crippen molar-refractivity contribution >= 4 is 28.2 Å². The third kappa shape index (κ3) is 2.15. The molecule has 1 aromatic heterocycles. The van der Waals surface area contributed by atoms with Crippen molar-refractivity contribution in [2.75, 3.05) is 37.3 Å². The predicted molar refractivity (Wildman–Crippen MR) is 80.6 cm³/mol. The number of nitrogens with zero attached hydrogens (tertiary/aromatic N) is 3. The van der Waals surface area contributed by atoms with E-state index in [2.05, 4.69) is 9.88 Å². The normalized spacial score (nSPS) is 16.6. The number of amides is 1. The van der Waals surface area contributed by atoms with Gasteiger partial charge in [0.1, 0.15) is 0 Å². The molecule has 0 aliphatic carbocycles. The Morgan fingerprint density at radius 3 is 2.95 bits per heavy atom. The van der Waals surface area contributed by atoms with Crippen LogP contribution in [0.2, 0.25) is 0 Å². The minimum absolute atomic E-state index is 0.149. The van der Waals surface area contributed by atoms with Gasteiger partial charge in [-0.3, -0.25) is 9.78 Å². The molecule has 0 radical (unpaired) electrons. The highest BCUT2D eigenvalue weighted by Crippen LogP contribution is 2.30. The van der Waals surface area contributed by atoms with Crippen LogP contribution >= 0.6 is 0 Å². The molecule has 1 aliphatic rings. The van der Waals surface area contributed by atoms with Gasteiger partial charge in [-0.1, -0.05) is 0 Å². The van der Waals surface area contributed by atoms with Crippen molar-refractivity contribution in [3.63, 3.8) is 0 Å². The fourth-order valence-electron chi connectivity index (χ4n) is 2.65. The summed E-state index contributed by atoms with van der Waals surface area (Å²) in [7, 11) is 1.86. The summed E-state index contributed by atoms with van der Waals surface area (Å²) in [6, 6.07) is 7.76. The number of nitrogens with two attached hydrogens (primary N) is 1. The van der Waals surface area contributed by atoms with E-state index in [0.29, 0.717) is 12.2 Å². The van der Waals surface area contributed by atoms with E-state index in [1.54, 1.807) is 11.1 Å². The summed E-state index contributed by atoms with van der Waals surface area (Å²) in [6.07, 6.45) is 2.71. The second-order valence-corrected chi connectivity index (χ2v) is 5.16. The third-order valence-electron chi connectivity index (χ3n) is 3.79. The second kappa shape index (κ2) is 5.00. The first-order valence-electron chi connectivity index (χ1n) is 6.79. The smallest absolute Gasteiger partial charge is 0.241 e. The number of carbonyl (C=O) groups excluding carboxylic acids is 1. The Morgan fingerprint density at radius 1 is 1.25 bits per heavy atom. The fraction of sp³-hybridized carbons (Fsp3) is 0.333. The summed E-state index contributed by atoms with van der Waals surface area (Å²) in [5, 5.41) is 1.00. The Labute approximate surface area is 118 Å². The summed E-state index contributed by atoms with van der Waals surface area (Å²) in [4.78, 5) is 20.3. The van der Waals surface area contributed by atoms with Gasteiger partial charge in [-0.15, -0.1) is 0 Å². The number of carbonyl (C=O) groups is 1. The number of fused-ring (bicyclic) bond motifs is 1. The predicted octanol–water partition coefficient (Wildman–Crippen LogP) is 1.49. The Hall–Kier alpha value is -2.30. The van der Waals surface area contributed by atoms with Crippen LogP contribution in [-0.4, -0.2) is 42.5 Å². The lowest BCUT2D eigenvalue weighted by Gasteiger charge is -2.23. The van der Waals surface area contributed by atoms with Crippen molar-refractivity contribution in [2.24, 2.45) is 0 Å². The monoisotopic (exact) mass is 270 g/mol. The minimum atomic E-state index is 0.149. The molecule has 104 valence electrons. The summed E-state index contributed by atoms with van der Waals surface area (Å²) >= 11 is 0. The number of rotatable bonds is 1. The summed E-state index contributed by atoms with van der Waals surface area (Å²) in [5.74, 6) is 0.149. The van der Waals surface area contributed by atoms with Crippen LogP contribution in [0.15, 0.2) is 30.5 Å². The zero-order valence-corrected chi connectivity index (χ0v) is 11.5. The molecule has 1 amide bonds. The van der Waals surface area contributed by atoms with Crippen LogP contribution < -0.4 is 10.6 Å². The first kappa shape index (κ1) is 12.7. The number of pyridine rings is 1. The van der Waals surface area contributed by atoms with E-state index >= 15 is 0 Å². The van der Waals surface area contributed by atoms with Crippen molar-refractivity contribution < 1.29 is 4.79 Å². The topological polar surface area (TPSA) is 62.5 Å². The molecule has 0 atom stereocenters. The van der Waals surface area contributed by atoms with Crippen LogP contribution in [0.1, 0.15) is 6.42 Å². The standard InChI is InChI=1S/C15H18N4O/c1-18-8-3-9-19(10-14(18)20)13-6-5-12(16)15-11(13)4-2-7-17-15/h2,4-7H,3,8-10,16H2,1H3. The molecular weight excluding hydrogens is 252 g/mol. The Bertz CT molecular complexity index is 655. The van der Waals surface area contributed by atoms with Crippen LogP contribution in [0, 0.1) is 0 Å². The van der Waals surface area contributed by atoms with Crippen molar-refractivity contribution in [3.8, 4) is 0 Å². The van der Waals surface area contributed by atoms with Gasteiger partial charge >= 0.3 is 0 Å². The maximum atomic E-state index is 12.0. The van der Waals surface area contributed by atoms with Gasteiger partial charge in [0.15, 0.2) is 0 Å². The number of hydrogen-bond acceptors (Lipinski definition) is 4. The molecule has 0 saturated carbocycles. The Kier molecular flexibility index (Phi) is 3.18. The quantitative estimate of drug-likeness (QED) is 0.797. The molecule has 1 saturated heterocycles. The Morgan fingerprint density at radius 2 is 2.10 bits per heavy atom. The van der Waals surface area contributed by atoms with Gasteiger partial charge in [0.25, 0.3) is 0 Å². The van der Waals surface area contributed by atoms with Gasteiger partial charge in [0.05, 0.1) is 17.7 Å². The van der Waals surface area contributed by atoms with Gasteiger partial charge in [-0.25, -0.2) is 0 Å². The average Bonchev–Trinajstić information content (AvgIpc) is 2.62. The highest BCUT2D eigenvalue weighted by molar-refractivity contribution is 5.99. The van der Waals surface area contributed by atoms with Gasteiger partial charge in [0, 0.05) is 37.4 Å². The van der Waals surface area contributed by atoms with Crippen LogP contribution in [-0.2, 0) is 4.79 Å². The molecule has 0 bridgehead atoms. The zero-order chi connectivity index (χ0) is 14.1. The summed E-state index contributed by atoms with van der Waals surface area (Å²) < 4.78 is 0. The molecule has 1 aromatic carbocycles. The minimum Gasteiger partial charge on any atom is -0.397 e. The van der Waals surface area contributed by atoms with Crippen LogP contribution in [0.4, 0.5) is 11.4 Å². The van der Waals surface area contributed by atoms with E-state index in [-0.39, 0.29) is 5.91 Å². The molecule has 20 heavy (non-hydrogen) atoms. The van der Waals surface area contributed by atoms with Crippen molar-refractivity contribution in [1.82, 2.24) is 9.88 Å². The second-order valence-electron chi connectivity index (χ2n) is 5.16. The molecule has 0 unspecified atom stereocenters.